The van der Waals surface area contributed by atoms with E-state index in [4.69, 9.17) is 0 Å². The molecule has 1 N–H and O–H groups in total. The zero-order valence-electron chi connectivity index (χ0n) is 10.3. The van der Waals surface area contributed by atoms with Crippen molar-refractivity contribution in [1.82, 2.24) is 24.6 Å². The second kappa shape index (κ2) is 5.23. The minimum atomic E-state index is 0.789. The molecule has 0 unspecified atom stereocenters. The minimum Gasteiger partial charge on any atom is -0.370 e. The Kier molecular flexibility index (Phi) is 3.28. The first-order valence-corrected chi connectivity index (χ1v) is 6.72. The lowest BCUT2D eigenvalue weighted by Crippen LogP contribution is -1.99. The second-order valence-corrected chi connectivity index (χ2v) is 4.77. The highest BCUT2D eigenvalue weighted by Gasteiger charge is 2.08. The number of hydrogen-bond donors (Lipinski definition) is 1. The van der Waals surface area contributed by atoms with E-state index in [0.717, 1.165) is 28.2 Å². The molecule has 7 heteroatoms. The number of pyridine rings is 1. The van der Waals surface area contributed by atoms with Gasteiger partial charge in [-0.1, -0.05) is 6.07 Å². The maximum absolute atomic E-state index is 4.23. The molecule has 96 valence electrons. The molecule has 3 aromatic rings. The molecule has 3 heterocycles. The van der Waals surface area contributed by atoms with Crippen molar-refractivity contribution < 1.29 is 0 Å². The van der Waals surface area contributed by atoms with Gasteiger partial charge in [0.2, 0.25) is 5.16 Å². The summed E-state index contributed by atoms with van der Waals surface area (Å²) in [4.78, 5) is 8.38. The third kappa shape index (κ3) is 2.50. The van der Waals surface area contributed by atoms with E-state index in [1.165, 1.54) is 11.8 Å². The Balaban J connectivity index is 1.90. The lowest BCUT2D eigenvalue weighted by atomic mass is 10.5. The maximum atomic E-state index is 4.23. The van der Waals surface area contributed by atoms with Gasteiger partial charge in [-0.25, -0.2) is 9.97 Å². The van der Waals surface area contributed by atoms with Crippen molar-refractivity contribution in [3.05, 3.63) is 36.8 Å². The third-order valence-corrected chi connectivity index (χ3v) is 3.37. The van der Waals surface area contributed by atoms with Gasteiger partial charge in [0, 0.05) is 18.8 Å². The number of hydrogen-bond acceptors (Lipinski definition) is 6. The summed E-state index contributed by atoms with van der Waals surface area (Å²) in [5.74, 6) is 0.814. The van der Waals surface area contributed by atoms with Crippen LogP contribution in [0.5, 0.6) is 0 Å². The Morgan fingerprint density at radius 1 is 1.26 bits per heavy atom. The number of nitrogens with one attached hydrogen (secondary N) is 1. The van der Waals surface area contributed by atoms with Crippen LogP contribution in [0.2, 0.25) is 0 Å². The topological polar surface area (TPSA) is 68.0 Å². The van der Waals surface area contributed by atoms with Crippen molar-refractivity contribution in [2.45, 2.75) is 17.1 Å². The van der Waals surface area contributed by atoms with Crippen LogP contribution >= 0.6 is 11.8 Å². The summed E-state index contributed by atoms with van der Waals surface area (Å²) in [5, 5.41) is 13.1. The third-order valence-electron chi connectivity index (χ3n) is 2.48. The molecule has 0 spiro atoms. The average Bonchev–Trinajstić information content (AvgIpc) is 2.83. The smallest absolute Gasteiger partial charge is 0.201 e. The van der Waals surface area contributed by atoms with Gasteiger partial charge in [-0.15, -0.1) is 10.2 Å². The predicted octanol–water partition coefficient (Wildman–Crippen LogP) is 2.10. The fourth-order valence-electron chi connectivity index (χ4n) is 1.66. The summed E-state index contributed by atoms with van der Waals surface area (Å²) in [7, 11) is 0. The average molecular weight is 272 g/mol. The lowest BCUT2D eigenvalue weighted by Gasteiger charge is -2.03. The van der Waals surface area contributed by atoms with Gasteiger partial charge in [-0.05, 0) is 30.8 Å². The molecule has 0 radical (unpaired) electrons. The summed E-state index contributed by atoms with van der Waals surface area (Å²) >= 11 is 1.46. The van der Waals surface area contributed by atoms with E-state index in [1.807, 2.05) is 41.8 Å². The summed E-state index contributed by atoms with van der Waals surface area (Å²) in [6.45, 7) is 2.86. The molecule has 0 saturated heterocycles. The summed E-state index contributed by atoms with van der Waals surface area (Å²) in [5.41, 5.74) is 0.825. The number of nitrogens with zero attached hydrogens (tertiary/aromatic N) is 5. The minimum absolute atomic E-state index is 0.789. The molecule has 19 heavy (non-hydrogen) atoms. The molecule has 0 aliphatic rings. The van der Waals surface area contributed by atoms with E-state index < -0.39 is 0 Å². The van der Waals surface area contributed by atoms with Crippen LogP contribution in [0.1, 0.15) is 6.92 Å². The SMILES string of the molecule is CCNc1cc(Sc2nnc3ccccn23)ncn1. The van der Waals surface area contributed by atoms with Crippen molar-refractivity contribution in [1.29, 1.82) is 0 Å². The molecule has 0 aliphatic carbocycles. The van der Waals surface area contributed by atoms with Crippen LogP contribution in [0.25, 0.3) is 5.65 Å². The van der Waals surface area contributed by atoms with E-state index in [1.54, 1.807) is 6.33 Å². The second-order valence-electron chi connectivity index (χ2n) is 3.79. The first-order chi connectivity index (χ1) is 9.36. The fraction of sp³-hybridized carbons (Fsp3) is 0.167. The van der Waals surface area contributed by atoms with Crippen molar-refractivity contribution in [2.75, 3.05) is 11.9 Å². The van der Waals surface area contributed by atoms with E-state index in [0.29, 0.717) is 0 Å². The van der Waals surface area contributed by atoms with Crippen LogP contribution in [-0.2, 0) is 0 Å². The Labute approximate surface area is 114 Å². The molecule has 0 atom stereocenters. The van der Waals surface area contributed by atoms with Gasteiger partial charge in [-0.2, -0.15) is 0 Å². The standard InChI is InChI=1S/C12H12N6S/c1-2-13-9-7-11(15-8-14-9)19-12-17-16-10-5-3-4-6-18(10)12/h3-8H,2H2,1H3,(H,13,14,15). The number of anilines is 1. The first kappa shape index (κ1) is 11.9. The van der Waals surface area contributed by atoms with Gasteiger partial charge in [0.25, 0.3) is 0 Å². The molecule has 0 fully saturated rings. The highest BCUT2D eigenvalue weighted by atomic mass is 32.2. The van der Waals surface area contributed by atoms with Crippen LogP contribution in [0.4, 0.5) is 5.82 Å². The van der Waals surface area contributed by atoms with Gasteiger partial charge in [0.1, 0.15) is 17.2 Å². The first-order valence-electron chi connectivity index (χ1n) is 5.90. The molecule has 6 nitrogen and oxygen atoms in total. The Morgan fingerprint density at radius 3 is 3.11 bits per heavy atom. The quantitative estimate of drug-likeness (QED) is 0.734. The van der Waals surface area contributed by atoms with Crippen molar-refractivity contribution in [3.8, 4) is 0 Å². The molecular weight excluding hydrogens is 260 g/mol. The largest absolute Gasteiger partial charge is 0.370 e. The number of aromatic nitrogens is 5. The molecule has 0 aliphatic heterocycles. The molecule has 0 aromatic carbocycles. The van der Waals surface area contributed by atoms with Crippen LogP contribution < -0.4 is 5.32 Å². The lowest BCUT2D eigenvalue weighted by molar-refractivity contribution is 0.914. The maximum Gasteiger partial charge on any atom is 0.201 e. The van der Waals surface area contributed by atoms with Crippen LogP contribution in [0.15, 0.2) is 47.0 Å². The van der Waals surface area contributed by atoms with E-state index in [-0.39, 0.29) is 0 Å². The Hall–Kier alpha value is -2.15. The Morgan fingerprint density at radius 2 is 2.21 bits per heavy atom. The monoisotopic (exact) mass is 272 g/mol. The summed E-state index contributed by atoms with van der Waals surface area (Å²) in [6.07, 6.45) is 3.48. The van der Waals surface area contributed by atoms with Crippen molar-refractivity contribution in [3.63, 3.8) is 0 Å². The summed E-state index contributed by atoms with van der Waals surface area (Å²) < 4.78 is 1.93. The van der Waals surface area contributed by atoms with Crippen LogP contribution in [0.3, 0.4) is 0 Å². The highest BCUT2D eigenvalue weighted by molar-refractivity contribution is 7.99. The number of rotatable bonds is 4. The molecule has 0 bridgehead atoms. The zero-order chi connectivity index (χ0) is 13.1. The zero-order valence-corrected chi connectivity index (χ0v) is 11.1. The van der Waals surface area contributed by atoms with Crippen molar-refractivity contribution in [2.24, 2.45) is 0 Å². The van der Waals surface area contributed by atoms with Gasteiger partial charge in [-0.3, -0.25) is 4.40 Å². The Bertz CT molecular complexity index is 695. The van der Waals surface area contributed by atoms with Crippen LogP contribution in [0, 0.1) is 0 Å². The van der Waals surface area contributed by atoms with Gasteiger partial charge < -0.3 is 5.32 Å². The van der Waals surface area contributed by atoms with Gasteiger partial charge >= 0.3 is 0 Å². The highest BCUT2D eigenvalue weighted by Crippen LogP contribution is 2.25. The van der Waals surface area contributed by atoms with E-state index in [9.17, 15) is 0 Å². The predicted molar refractivity (Wildman–Crippen MR) is 73.3 cm³/mol. The fourth-order valence-corrected chi connectivity index (χ4v) is 2.45. The van der Waals surface area contributed by atoms with Gasteiger partial charge in [0.05, 0.1) is 0 Å². The molecule has 0 amide bonds. The van der Waals surface area contributed by atoms with Crippen molar-refractivity contribution >= 4 is 23.2 Å². The van der Waals surface area contributed by atoms with Crippen LogP contribution in [-0.4, -0.2) is 31.1 Å². The molecule has 3 rings (SSSR count). The van der Waals surface area contributed by atoms with Gasteiger partial charge in [0.15, 0.2) is 5.65 Å². The van der Waals surface area contributed by atoms with E-state index in [2.05, 4.69) is 25.5 Å². The van der Waals surface area contributed by atoms with E-state index >= 15 is 0 Å². The normalized spacial score (nSPS) is 10.8. The number of fused-ring (bicyclic) bond motifs is 1. The summed E-state index contributed by atoms with van der Waals surface area (Å²) in [6, 6.07) is 7.70. The molecular formula is C12H12N6S. The molecule has 3 aromatic heterocycles. The molecule has 0 saturated carbocycles.